The molecule has 26 heavy (non-hydrogen) atoms. The van der Waals surface area contributed by atoms with Gasteiger partial charge in [-0.05, 0) is 51.5 Å². The third kappa shape index (κ3) is 3.39. The van der Waals surface area contributed by atoms with Crippen LogP contribution in [0.3, 0.4) is 0 Å². The maximum absolute atomic E-state index is 12.8. The van der Waals surface area contributed by atoms with Crippen molar-refractivity contribution in [2.24, 2.45) is 7.05 Å². The molecule has 1 saturated heterocycles. The van der Waals surface area contributed by atoms with E-state index in [9.17, 15) is 4.79 Å². The van der Waals surface area contributed by atoms with Gasteiger partial charge in [-0.1, -0.05) is 0 Å². The molecule has 1 N–H and O–H groups in total. The highest BCUT2D eigenvalue weighted by Gasteiger charge is 2.31. The highest BCUT2D eigenvalue weighted by Crippen LogP contribution is 2.38. The number of H-pyrrole nitrogens is 1. The monoisotopic (exact) mass is 356 g/mol. The van der Waals surface area contributed by atoms with Gasteiger partial charge in [-0.15, -0.1) is 0 Å². The predicted octanol–water partition coefficient (Wildman–Crippen LogP) is 2.37. The lowest BCUT2D eigenvalue weighted by atomic mass is 9.96. The largest absolute Gasteiger partial charge is 0.342 e. The van der Waals surface area contributed by atoms with Gasteiger partial charge in [-0.3, -0.25) is 14.6 Å². The van der Waals surface area contributed by atoms with Gasteiger partial charge in [0.1, 0.15) is 5.82 Å². The van der Waals surface area contributed by atoms with Crippen molar-refractivity contribution in [2.75, 3.05) is 13.1 Å². The normalized spacial score (nSPS) is 20.6. The number of hydrogen-bond donors (Lipinski definition) is 1. The number of hydrogen-bond acceptors (Lipinski definition) is 4. The molecule has 0 bridgehead atoms. The van der Waals surface area contributed by atoms with E-state index in [0.29, 0.717) is 12.3 Å². The summed E-state index contributed by atoms with van der Waals surface area (Å²) in [5, 5.41) is 12.0. The van der Waals surface area contributed by atoms with Gasteiger partial charge >= 0.3 is 0 Å². The summed E-state index contributed by atoms with van der Waals surface area (Å²) in [5.74, 6) is 3.01. The van der Waals surface area contributed by atoms with Crippen LogP contribution in [0.1, 0.15) is 72.5 Å². The number of nitrogens with zero attached hydrogens (tertiary/aromatic N) is 5. The van der Waals surface area contributed by atoms with Crippen LogP contribution < -0.4 is 0 Å². The molecule has 0 aromatic carbocycles. The van der Waals surface area contributed by atoms with E-state index in [1.807, 2.05) is 23.6 Å². The summed E-state index contributed by atoms with van der Waals surface area (Å²) in [5.41, 5.74) is 3.39. The summed E-state index contributed by atoms with van der Waals surface area (Å²) in [6, 6.07) is 0. The SMILES string of the molecule is Cc1nn(C)c(C)c1CCC(=O)N1CCCC(c2n[nH]c(C3CC3)n2)C1. The number of carbonyl (C=O) groups is 1. The van der Waals surface area contributed by atoms with Crippen molar-refractivity contribution < 1.29 is 4.79 Å². The van der Waals surface area contributed by atoms with E-state index in [2.05, 4.69) is 22.2 Å². The zero-order valence-corrected chi connectivity index (χ0v) is 16.0. The minimum absolute atomic E-state index is 0.232. The topological polar surface area (TPSA) is 79.7 Å². The number of aryl methyl sites for hydroxylation is 2. The van der Waals surface area contributed by atoms with Crippen molar-refractivity contribution in [3.63, 3.8) is 0 Å². The van der Waals surface area contributed by atoms with Crippen molar-refractivity contribution in [2.45, 2.75) is 64.2 Å². The van der Waals surface area contributed by atoms with E-state index >= 15 is 0 Å². The Morgan fingerprint density at radius 2 is 2.04 bits per heavy atom. The lowest BCUT2D eigenvalue weighted by Gasteiger charge is -2.31. The first-order valence-electron chi connectivity index (χ1n) is 9.72. The molecule has 7 nitrogen and oxygen atoms in total. The molecular formula is C19H28N6O. The van der Waals surface area contributed by atoms with Crippen LogP contribution in [-0.4, -0.2) is 48.9 Å². The van der Waals surface area contributed by atoms with E-state index in [1.54, 1.807) is 0 Å². The van der Waals surface area contributed by atoms with E-state index in [-0.39, 0.29) is 11.8 Å². The van der Waals surface area contributed by atoms with Crippen molar-refractivity contribution in [1.82, 2.24) is 29.9 Å². The molecular weight excluding hydrogens is 328 g/mol. The number of nitrogens with one attached hydrogen (secondary N) is 1. The van der Waals surface area contributed by atoms with Crippen molar-refractivity contribution >= 4 is 5.91 Å². The summed E-state index contributed by atoms with van der Waals surface area (Å²) in [7, 11) is 1.95. The molecule has 1 unspecified atom stereocenters. The summed E-state index contributed by atoms with van der Waals surface area (Å²) < 4.78 is 1.90. The van der Waals surface area contributed by atoms with Gasteiger partial charge in [0.05, 0.1) is 5.69 Å². The lowest BCUT2D eigenvalue weighted by Crippen LogP contribution is -2.39. The van der Waals surface area contributed by atoms with Gasteiger partial charge in [-0.25, -0.2) is 4.98 Å². The minimum Gasteiger partial charge on any atom is -0.342 e. The van der Waals surface area contributed by atoms with Gasteiger partial charge in [0.2, 0.25) is 5.91 Å². The van der Waals surface area contributed by atoms with E-state index < -0.39 is 0 Å². The highest BCUT2D eigenvalue weighted by atomic mass is 16.2. The van der Waals surface area contributed by atoms with E-state index in [0.717, 1.165) is 55.4 Å². The fourth-order valence-corrected chi connectivity index (χ4v) is 3.99. The van der Waals surface area contributed by atoms with Crippen molar-refractivity contribution in [3.05, 3.63) is 28.6 Å². The van der Waals surface area contributed by atoms with Crippen LogP contribution in [0.25, 0.3) is 0 Å². The second-order valence-corrected chi connectivity index (χ2v) is 7.81. The van der Waals surface area contributed by atoms with Crippen LogP contribution in [-0.2, 0) is 18.3 Å². The molecule has 2 fully saturated rings. The first kappa shape index (κ1) is 17.2. The lowest BCUT2D eigenvalue weighted by molar-refractivity contribution is -0.132. The van der Waals surface area contributed by atoms with Crippen LogP contribution in [0.15, 0.2) is 0 Å². The molecule has 1 aliphatic carbocycles. The van der Waals surface area contributed by atoms with E-state index in [1.165, 1.54) is 18.4 Å². The Balaban J connectivity index is 1.36. The number of carbonyl (C=O) groups excluding carboxylic acids is 1. The van der Waals surface area contributed by atoms with Crippen molar-refractivity contribution in [1.29, 1.82) is 0 Å². The molecule has 1 atom stereocenters. The standard InChI is InChI=1S/C19H28N6O/c1-12-16(13(2)24(3)23-12)8-9-17(26)25-10-4-5-15(11-25)19-20-18(21-22-19)14-6-7-14/h14-15H,4-11H2,1-3H3,(H,20,21,22). The molecule has 7 heteroatoms. The van der Waals surface area contributed by atoms with Gasteiger partial charge in [0.25, 0.3) is 0 Å². The van der Waals surface area contributed by atoms with Crippen LogP contribution >= 0.6 is 0 Å². The van der Waals surface area contributed by atoms with Gasteiger partial charge in [-0.2, -0.15) is 10.2 Å². The Bertz CT molecular complexity index is 803. The zero-order valence-electron chi connectivity index (χ0n) is 16.0. The minimum atomic E-state index is 0.232. The fourth-order valence-electron chi connectivity index (χ4n) is 3.99. The molecule has 1 amide bonds. The molecule has 1 aliphatic heterocycles. The molecule has 140 valence electrons. The summed E-state index contributed by atoms with van der Waals surface area (Å²) in [6.45, 7) is 5.67. The Labute approximate surface area is 154 Å². The molecule has 4 rings (SSSR count). The average Bonchev–Trinajstić information content (AvgIpc) is 3.32. The van der Waals surface area contributed by atoms with Gasteiger partial charge in [0.15, 0.2) is 5.82 Å². The Morgan fingerprint density at radius 1 is 1.23 bits per heavy atom. The molecule has 2 aromatic rings. The molecule has 3 heterocycles. The number of aromatic nitrogens is 5. The third-order valence-electron chi connectivity index (χ3n) is 5.87. The summed E-state index contributed by atoms with van der Waals surface area (Å²) >= 11 is 0. The number of rotatable bonds is 5. The fraction of sp³-hybridized carbons (Fsp3) is 0.684. The zero-order chi connectivity index (χ0) is 18.3. The number of aromatic amines is 1. The third-order valence-corrected chi connectivity index (χ3v) is 5.87. The second kappa shape index (κ2) is 6.85. The number of piperidine rings is 1. The average molecular weight is 356 g/mol. The summed E-state index contributed by atoms with van der Waals surface area (Å²) in [6.07, 6.45) is 5.83. The quantitative estimate of drug-likeness (QED) is 0.892. The summed E-state index contributed by atoms with van der Waals surface area (Å²) in [4.78, 5) is 19.4. The predicted molar refractivity (Wildman–Crippen MR) is 97.9 cm³/mol. The first-order chi connectivity index (χ1) is 12.5. The number of likely N-dealkylation sites (tertiary alicyclic amines) is 1. The Kier molecular flexibility index (Phi) is 4.54. The molecule has 2 aromatic heterocycles. The second-order valence-electron chi connectivity index (χ2n) is 7.81. The maximum atomic E-state index is 12.8. The number of amides is 1. The van der Waals surface area contributed by atoms with Crippen LogP contribution in [0, 0.1) is 13.8 Å². The Hall–Kier alpha value is -2.18. The molecule has 1 saturated carbocycles. The van der Waals surface area contributed by atoms with Crippen molar-refractivity contribution in [3.8, 4) is 0 Å². The van der Waals surface area contributed by atoms with Gasteiger partial charge < -0.3 is 4.90 Å². The van der Waals surface area contributed by atoms with E-state index in [4.69, 9.17) is 4.98 Å². The molecule has 0 radical (unpaired) electrons. The smallest absolute Gasteiger partial charge is 0.222 e. The van der Waals surface area contributed by atoms with Crippen LogP contribution in [0.4, 0.5) is 0 Å². The highest BCUT2D eigenvalue weighted by molar-refractivity contribution is 5.76. The first-order valence-corrected chi connectivity index (χ1v) is 9.72. The maximum Gasteiger partial charge on any atom is 0.222 e. The molecule has 2 aliphatic rings. The van der Waals surface area contributed by atoms with Crippen LogP contribution in [0.2, 0.25) is 0 Å². The Morgan fingerprint density at radius 3 is 2.73 bits per heavy atom. The molecule has 0 spiro atoms. The van der Waals surface area contributed by atoms with Gasteiger partial charge in [0, 0.05) is 44.1 Å². The van der Waals surface area contributed by atoms with Crippen LogP contribution in [0.5, 0.6) is 0 Å².